The molecule has 1 amide bonds. The second-order valence-electron chi connectivity index (χ2n) is 5.44. The van der Waals surface area contributed by atoms with Crippen LogP contribution in [0.5, 0.6) is 0 Å². The summed E-state index contributed by atoms with van der Waals surface area (Å²) in [6.45, 7) is 10.1. The summed E-state index contributed by atoms with van der Waals surface area (Å²) >= 11 is 0. The Morgan fingerprint density at radius 2 is 1.94 bits per heavy atom. The van der Waals surface area contributed by atoms with E-state index >= 15 is 0 Å². The second-order valence-corrected chi connectivity index (χ2v) is 5.44. The lowest BCUT2D eigenvalue weighted by molar-refractivity contribution is -0.144. The fraction of sp³-hybridized carbons (Fsp3) is 0.923. The number of hydrogen-bond acceptors (Lipinski definition) is 4. The molecule has 2 fully saturated rings. The average molecular weight is 255 g/mol. The summed E-state index contributed by atoms with van der Waals surface area (Å²) in [4.78, 5) is 16.5. The Labute approximate surface area is 109 Å². The van der Waals surface area contributed by atoms with E-state index in [0.717, 1.165) is 45.7 Å². The van der Waals surface area contributed by atoms with E-state index in [1.807, 2.05) is 18.7 Å². The molecule has 2 aliphatic rings. The first-order valence-corrected chi connectivity index (χ1v) is 7.01. The van der Waals surface area contributed by atoms with Crippen molar-refractivity contribution >= 4 is 5.91 Å². The van der Waals surface area contributed by atoms with Crippen LogP contribution in [-0.2, 0) is 9.53 Å². The topological polar surface area (TPSA) is 44.8 Å². The van der Waals surface area contributed by atoms with Crippen molar-refractivity contribution < 1.29 is 9.53 Å². The number of nitrogens with one attached hydrogen (secondary N) is 1. The van der Waals surface area contributed by atoms with Crippen LogP contribution in [0.15, 0.2) is 0 Å². The normalized spacial score (nSPS) is 31.1. The molecule has 0 aliphatic carbocycles. The molecule has 2 saturated heterocycles. The summed E-state index contributed by atoms with van der Waals surface area (Å²) in [6.07, 6.45) is 1.44. The fourth-order valence-electron chi connectivity index (χ4n) is 2.73. The summed E-state index contributed by atoms with van der Waals surface area (Å²) in [6, 6.07) is 0. The quantitative estimate of drug-likeness (QED) is 0.749. The summed E-state index contributed by atoms with van der Waals surface area (Å²) in [5.74, 6) is 0.249. The fourth-order valence-corrected chi connectivity index (χ4v) is 2.73. The van der Waals surface area contributed by atoms with Crippen LogP contribution in [0.2, 0.25) is 0 Å². The van der Waals surface area contributed by atoms with E-state index in [4.69, 9.17) is 4.74 Å². The summed E-state index contributed by atoms with van der Waals surface area (Å²) in [5, 5.41) is 3.36. The molecule has 0 spiro atoms. The van der Waals surface area contributed by atoms with Gasteiger partial charge in [0.1, 0.15) is 0 Å². The molecule has 5 heteroatoms. The Kier molecular flexibility index (Phi) is 4.97. The monoisotopic (exact) mass is 255 g/mol. The summed E-state index contributed by atoms with van der Waals surface area (Å²) in [7, 11) is 0. The molecule has 0 bridgehead atoms. The van der Waals surface area contributed by atoms with Gasteiger partial charge in [-0.1, -0.05) is 0 Å². The zero-order valence-corrected chi connectivity index (χ0v) is 11.5. The van der Waals surface area contributed by atoms with Crippen LogP contribution in [0, 0.1) is 0 Å². The minimum atomic E-state index is 0.156. The van der Waals surface area contributed by atoms with E-state index in [0.29, 0.717) is 6.54 Å². The van der Waals surface area contributed by atoms with Gasteiger partial charge in [0.15, 0.2) is 0 Å². The van der Waals surface area contributed by atoms with Crippen LogP contribution in [0.4, 0.5) is 0 Å². The average Bonchev–Trinajstić information content (AvgIpc) is 2.56. The number of ether oxygens (including phenoxy) is 1. The molecular formula is C13H25N3O2. The van der Waals surface area contributed by atoms with E-state index in [2.05, 4.69) is 10.2 Å². The highest BCUT2D eigenvalue weighted by Gasteiger charge is 2.26. The van der Waals surface area contributed by atoms with Gasteiger partial charge in [-0.15, -0.1) is 0 Å². The maximum atomic E-state index is 12.3. The minimum absolute atomic E-state index is 0.156. The molecule has 104 valence electrons. The van der Waals surface area contributed by atoms with Crippen LogP contribution in [0.25, 0.3) is 0 Å². The van der Waals surface area contributed by atoms with E-state index in [9.17, 15) is 4.79 Å². The molecule has 0 radical (unpaired) electrons. The minimum Gasteiger partial charge on any atom is -0.372 e. The highest BCUT2D eigenvalue weighted by molar-refractivity contribution is 5.78. The number of nitrogens with zero attached hydrogens (tertiary/aromatic N) is 2. The molecular weight excluding hydrogens is 230 g/mol. The van der Waals surface area contributed by atoms with E-state index in [-0.39, 0.29) is 18.1 Å². The molecule has 0 aromatic heterocycles. The third-order valence-corrected chi connectivity index (χ3v) is 3.56. The van der Waals surface area contributed by atoms with Crippen molar-refractivity contribution in [3.8, 4) is 0 Å². The molecule has 2 unspecified atom stereocenters. The van der Waals surface area contributed by atoms with Crippen molar-refractivity contribution in [3.63, 3.8) is 0 Å². The number of hydrogen-bond donors (Lipinski definition) is 1. The van der Waals surface area contributed by atoms with Gasteiger partial charge in [-0.25, -0.2) is 0 Å². The summed E-state index contributed by atoms with van der Waals surface area (Å²) < 4.78 is 5.66. The Bertz CT molecular complexity index is 267. The maximum absolute atomic E-state index is 12.3. The first-order chi connectivity index (χ1) is 8.65. The van der Waals surface area contributed by atoms with Crippen molar-refractivity contribution in [1.82, 2.24) is 15.1 Å². The number of rotatable bonds is 2. The number of amides is 1. The third-order valence-electron chi connectivity index (χ3n) is 3.56. The van der Waals surface area contributed by atoms with Gasteiger partial charge in [0.25, 0.3) is 0 Å². The van der Waals surface area contributed by atoms with E-state index < -0.39 is 0 Å². The molecule has 0 saturated carbocycles. The Hall–Kier alpha value is -0.650. The van der Waals surface area contributed by atoms with Crippen molar-refractivity contribution in [2.75, 3.05) is 45.8 Å². The van der Waals surface area contributed by atoms with Crippen LogP contribution >= 0.6 is 0 Å². The maximum Gasteiger partial charge on any atom is 0.236 e. The van der Waals surface area contributed by atoms with E-state index in [1.54, 1.807) is 0 Å². The molecule has 5 nitrogen and oxygen atoms in total. The molecule has 1 N–H and O–H groups in total. The number of carbonyl (C=O) groups is 1. The molecule has 2 heterocycles. The van der Waals surface area contributed by atoms with Crippen molar-refractivity contribution in [2.45, 2.75) is 32.5 Å². The Balaban J connectivity index is 1.82. The van der Waals surface area contributed by atoms with Gasteiger partial charge in [-0.3, -0.25) is 9.69 Å². The molecule has 18 heavy (non-hydrogen) atoms. The van der Waals surface area contributed by atoms with Crippen LogP contribution in [-0.4, -0.2) is 73.7 Å². The van der Waals surface area contributed by atoms with Gasteiger partial charge in [0.2, 0.25) is 5.91 Å². The van der Waals surface area contributed by atoms with Crippen molar-refractivity contribution in [2.24, 2.45) is 0 Å². The molecule has 2 atom stereocenters. The standard InChI is InChI=1S/C13H25N3O2/c1-11-8-16(9-12(2)18-11)13(17)10-15-6-3-4-14-5-7-15/h11-12,14H,3-10H2,1-2H3. The highest BCUT2D eigenvalue weighted by Crippen LogP contribution is 2.11. The third kappa shape index (κ3) is 3.93. The number of morpholine rings is 1. The highest BCUT2D eigenvalue weighted by atomic mass is 16.5. The van der Waals surface area contributed by atoms with Crippen LogP contribution in [0.1, 0.15) is 20.3 Å². The van der Waals surface area contributed by atoms with Gasteiger partial charge in [-0.2, -0.15) is 0 Å². The number of carbonyl (C=O) groups excluding carboxylic acids is 1. The lowest BCUT2D eigenvalue weighted by atomic mass is 10.2. The van der Waals surface area contributed by atoms with Crippen molar-refractivity contribution in [1.29, 1.82) is 0 Å². The SMILES string of the molecule is CC1CN(C(=O)CN2CCCNCC2)CC(C)O1. The molecule has 2 aliphatic heterocycles. The summed E-state index contributed by atoms with van der Waals surface area (Å²) in [5.41, 5.74) is 0. The lowest BCUT2D eigenvalue weighted by Gasteiger charge is -2.36. The Morgan fingerprint density at radius 3 is 2.67 bits per heavy atom. The second kappa shape index (κ2) is 6.50. The largest absolute Gasteiger partial charge is 0.372 e. The lowest BCUT2D eigenvalue weighted by Crippen LogP contribution is -2.51. The Morgan fingerprint density at radius 1 is 1.22 bits per heavy atom. The van der Waals surface area contributed by atoms with Gasteiger partial charge < -0.3 is 15.0 Å². The van der Waals surface area contributed by atoms with Gasteiger partial charge in [0, 0.05) is 26.2 Å². The first-order valence-electron chi connectivity index (χ1n) is 7.01. The zero-order valence-electron chi connectivity index (χ0n) is 11.5. The molecule has 0 aromatic carbocycles. The van der Waals surface area contributed by atoms with Gasteiger partial charge in [-0.05, 0) is 33.4 Å². The molecule has 2 rings (SSSR count). The van der Waals surface area contributed by atoms with Gasteiger partial charge in [0.05, 0.1) is 18.8 Å². The van der Waals surface area contributed by atoms with E-state index in [1.165, 1.54) is 0 Å². The first kappa shape index (κ1) is 13.8. The van der Waals surface area contributed by atoms with Crippen LogP contribution in [0.3, 0.4) is 0 Å². The van der Waals surface area contributed by atoms with Crippen LogP contribution < -0.4 is 5.32 Å². The molecule has 0 aromatic rings. The zero-order chi connectivity index (χ0) is 13.0. The van der Waals surface area contributed by atoms with Crippen molar-refractivity contribution in [3.05, 3.63) is 0 Å². The predicted molar refractivity (Wildman–Crippen MR) is 70.5 cm³/mol. The predicted octanol–water partition coefficient (Wildman–Crippen LogP) is -0.0825. The smallest absolute Gasteiger partial charge is 0.236 e. The van der Waals surface area contributed by atoms with Gasteiger partial charge >= 0.3 is 0 Å².